The van der Waals surface area contributed by atoms with Crippen LogP contribution in [-0.2, 0) is 16.0 Å². The van der Waals surface area contributed by atoms with Crippen molar-refractivity contribution in [1.29, 1.82) is 0 Å². The summed E-state index contributed by atoms with van der Waals surface area (Å²) >= 11 is 1.78. The summed E-state index contributed by atoms with van der Waals surface area (Å²) in [6, 6.07) is 4.23. The standard InChI is InChI=1S/C16H26N2O2S/c1-13(10-14-4-3-9-21-14)11-18-15(19)16(12-20-2)5-7-17-8-6-16/h3-4,9,13,17H,5-8,10-12H2,1-2H3,(H,18,19). The second-order valence-corrected chi connectivity index (χ2v) is 7.09. The number of rotatable bonds is 7. The highest BCUT2D eigenvalue weighted by molar-refractivity contribution is 7.09. The summed E-state index contributed by atoms with van der Waals surface area (Å²) < 4.78 is 5.31. The molecule has 1 aliphatic heterocycles. The van der Waals surface area contributed by atoms with Crippen LogP contribution in [0.4, 0.5) is 0 Å². The van der Waals surface area contributed by atoms with E-state index in [1.54, 1.807) is 18.4 Å². The van der Waals surface area contributed by atoms with Crippen molar-refractivity contribution < 1.29 is 9.53 Å². The first-order valence-electron chi connectivity index (χ1n) is 7.66. The van der Waals surface area contributed by atoms with Gasteiger partial charge in [-0.25, -0.2) is 0 Å². The molecule has 21 heavy (non-hydrogen) atoms. The molecule has 118 valence electrons. The van der Waals surface area contributed by atoms with Gasteiger partial charge in [0.05, 0.1) is 12.0 Å². The smallest absolute Gasteiger partial charge is 0.228 e. The van der Waals surface area contributed by atoms with Crippen molar-refractivity contribution in [2.24, 2.45) is 11.3 Å². The van der Waals surface area contributed by atoms with Gasteiger partial charge in [-0.3, -0.25) is 4.79 Å². The van der Waals surface area contributed by atoms with Crippen LogP contribution < -0.4 is 10.6 Å². The van der Waals surface area contributed by atoms with E-state index in [1.165, 1.54) is 4.88 Å². The Morgan fingerprint density at radius 1 is 1.52 bits per heavy atom. The maximum Gasteiger partial charge on any atom is 0.228 e. The monoisotopic (exact) mass is 310 g/mol. The zero-order chi connectivity index (χ0) is 15.1. The van der Waals surface area contributed by atoms with Gasteiger partial charge in [-0.1, -0.05) is 13.0 Å². The Morgan fingerprint density at radius 3 is 2.90 bits per heavy atom. The minimum Gasteiger partial charge on any atom is -0.384 e. The highest BCUT2D eigenvalue weighted by atomic mass is 32.1. The van der Waals surface area contributed by atoms with E-state index < -0.39 is 0 Å². The molecule has 2 rings (SSSR count). The number of amides is 1. The predicted molar refractivity (Wildman–Crippen MR) is 86.6 cm³/mol. The van der Waals surface area contributed by atoms with Crippen molar-refractivity contribution in [2.45, 2.75) is 26.2 Å². The number of hydrogen-bond acceptors (Lipinski definition) is 4. The molecule has 1 atom stereocenters. The van der Waals surface area contributed by atoms with E-state index in [2.05, 4.69) is 35.1 Å². The van der Waals surface area contributed by atoms with Crippen LogP contribution in [-0.4, -0.2) is 39.3 Å². The fourth-order valence-electron chi connectivity index (χ4n) is 2.92. The van der Waals surface area contributed by atoms with Gasteiger partial charge in [0.2, 0.25) is 5.91 Å². The minimum absolute atomic E-state index is 0.156. The molecular formula is C16H26N2O2S. The van der Waals surface area contributed by atoms with Gasteiger partial charge in [-0.05, 0) is 49.7 Å². The average Bonchev–Trinajstić information content (AvgIpc) is 2.99. The third kappa shape index (κ3) is 4.53. The molecule has 0 radical (unpaired) electrons. The molecule has 1 aromatic heterocycles. The van der Waals surface area contributed by atoms with E-state index in [-0.39, 0.29) is 11.3 Å². The lowest BCUT2D eigenvalue weighted by Crippen LogP contribution is -2.50. The van der Waals surface area contributed by atoms with Gasteiger partial charge < -0.3 is 15.4 Å². The van der Waals surface area contributed by atoms with Crippen LogP contribution in [0.1, 0.15) is 24.6 Å². The van der Waals surface area contributed by atoms with Crippen molar-refractivity contribution in [3.05, 3.63) is 22.4 Å². The van der Waals surface area contributed by atoms with Gasteiger partial charge in [0, 0.05) is 18.5 Å². The Balaban J connectivity index is 1.84. The summed E-state index contributed by atoms with van der Waals surface area (Å²) in [4.78, 5) is 14.0. The molecule has 1 fully saturated rings. The van der Waals surface area contributed by atoms with Crippen molar-refractivity contribution in [2.75, 3.05) is 33.4 Å². The zero-order valence-electron chi connectivity index (χ0n) is 13.0. The predicted octanol–water partition coefficient (Wildman–Crippen LogP) is 2.06. The fraction of sp³-hybridized carbons (Fsp3) is 0.688. The van der Waals surface area contributed by atoms with Crippen LogP contribution >= 0.6 is 11.3 Å². The number of carbonyl (C=O) groups is 1. The molecule has 0 aliphatic carbocycles. The molecule has 5 heteroatoms. The first-order valence-corrected chi connectivity index (χ1v) is 8.54. The number of thiophene rings is 1. The van der Waals surface area contributed by atoms with E-state index in [0.29, 0.717) is 12.5 Å². The second-order valence-electron chi connectivity index (χ2n) is 6.06. The molecule has 0 spiro atoms. The Morgan fingerprint density at radius 2 is 2.29 bits per heavy atom. The SMILES string of the molecule is COCC1(C(=O)NCC(C)Cc2cccs2)CCNCC1. The number of hydrogen-bond donors (Lipinski definition) is 2. The largest absolute Gasteiger partial charge is 0.384 e. The topological polar surface area (TPSA) is 50.4 Å². The van der Waals surface area contributed by atoms with Gasteiger partial charge in [0.25, 0.3) is 0 Å². The van der Waals surface area contributed by atoms with Gasteiger partial charge in [-0.2, -0.15) is 0 Å². The van der Waals surface area contributed by atoms with Gasteiger partial charge in [0.15, 0.2) is 0 Å². The highest BCUT2D eigenvalue weighted by Gasteiger charge is 2.39. The van der Waals surface area contributed by atoms with Gasteiger partial charge in [-0.15, -0.1) is 11.3 Å². The van der Waals surface area contributed by atoms with E-state index >= 15 is 0 Å². The molecule has 1 amide bonds. The molecule has 1 saturated heterocycles. The van der Waals surface area contributed by atoms with E-state index in [0.717, 1.165) is 38.9 Å². The first-order chi connectivity index (χ1) is 10.2. The van der Waals surface area contributed by atoms with Crippen molar-refractivity contribution in [3.8, 4) is 0 Å². The van der Waals surface area contributed by atoms with Crippen LogP contribution in [0.25, 0.3) is 0 Å². The van der Waals surface area contributed by atoms with Crippen LogP contribution in [0.2, 0.25) is 0 Å². The minimum atomic E-state index is -0.345. The molecule has 1 aliphatic rings. The molecule has 4 nitrogen and oxygen atoms in total. The van der Waals surface area contributed by atoms with Crippen LogP contribution in [0.15, 0.2) is 17.5 Å². The number of methoxy groups -OCH3 is 1. The summed E-state index contributed by atoms with van der Waals surface area (Å²) in [6.45, 7) is 5.21. The maximum atomic E-state index is 12.6. The molecule has 0 saturated carbocycles. The number of carbonyl (C=O) groups excluding carboxylic acids is 1. The average molecular weight is 310 g/mol. The van der Waals surface area contributed by atoms with Crippen LogP contribution in [0.5, 0.6) is 0 Å². The Kier molecular flexibility index (Phi) is 6.21. The quantitative estimate of drug-likeness (QED) is 0.810. The Hall–Kier alpha value is -0.910. The summed E-state index contributed by atoms with van der Waals surface area (Å²) in [5.41, 5.74) is -0.345. The van der Waals surface area contributed by atoms with Crippen LogP contribution in [0, 0.1) is 11.3 Å². The molecule has 0 bridgehead atoms. The Bertz CT molecular complexity index is 422. The maximum absolute atomic E-state index is 12.6. The van der Waals surface area contributed by atoms with Gasteiger partial charge >= 0.3 is 0 Å². The zero-order valence-corrected chi connectivity index (χ0v) is 13.8. The lowest BCUT2D eigenvalue weighted by molar-refractivity contribution is -0.136. The van der Waals surface area contributed by atoms with E-state index in [4.69, 9.17) is 4.74 Å². The first kappa shape index (κ1) is 16.5. The second kappa shape index (κ2) is 7.92. The lowest BCUT2D eigenvalue weighted by Gasteiger charge is -2.35. The summed E-state index contributed by atoms with van der Waals surface area (Å²) in [5.74, 6) is 0.609. The normalized spacial score (nSPS) is 19.1. The molecular weight excluding hydrogens is 284 g/mol. The third-order valence-electron chi connectivity index (χ3n) is 4.20. The van der Waals surface area contributed by atoms with Gasteiger partial charge in [0.1, 0.15) is 0 Å². The van der Waals surface area contributed by atoms with Crippen molar-refractivity contribution in [3.63, 3.8) is 0 Å². The Labute approximate surface area is 131 Å². The number of piperidine rings is 1. The molecule has 2 N–H and O–H groups in total. The van der Waals surface area contributed by atoms with Crippen molar-refractivity contribution >= 4 is 17.2 Å². The summed E-state index contributed by atoms with van der Waals surface area (Å²) in [5, 5.41) is 8.56. The third-order valence-corrected chi connectivity index (χ3v) is 5.10. The molecule has 0 aromatic carbocycles. The molecule has 1 aromatic rings. The molecule has 1 unspecified atom stereocenters. The highest BCUT2D eigenvalue weighted by Crippen LogP contribution is 2.29. The summed E-state index contributed by atoms with van der Waals surface area (Å²) in [7, 11) is 1.68. The lowest BCUT2D eigenvalue weighted by atomic mass is 9.78. The van der Waals surface area contributed by atoms with Crippen molar-refractivity contribution in [1.82, 2.24) is 10.6 Å². The number of nitrogens with one attached hydrogen (secondary N) is 2. The van der Waals surface area contributed by atoms with E-state index in [9.17, 15) is 4.79 Å². The fourth-order valence-corrected chi connectivity index (χ4v) is 3.79. The molecule has 2 heterocycles. The van der Waals surface area contributed by atoms with E-state index in [1.807, 2.05) is 0 Å². The number of ether oxygens (including phenoxy) is 1. The summed E-state index contributed by atoms with van der Waals surface area (Å²) in [6.07, 6.45) is 2.73. The van der Waals surface area contributed by atoms with Crippen LogP contribution in [0.3, 0.4) is 0 Å².